The summed E-state index contributed by atoms with van der Waals surface area (Å²) in [6, 6.07) is 3.89. The maximum Gasteiger partial charge on any atom is 0.421 e. The number of hydrogen-bond acceptors (Lipinski definition) is 2. The van der Waals surface area contributed by atoms with Crippen molar-refractivity contribution in [1.29, 1.82) is 0 Å². The molecule has 0 bridgehead atoms. The van der Waals surface area contributed by atoms with Gasteiger partial charge in [0.15, 0.2) is 5.60 Å². The van der Waals surface area contributed by atoms with E-state index < -0.39 is 11.8 Å². The monoisotopic (exact) mass is 232 g/mol. The van der Waals surface area contributed by atoms with E-state index in [1.807, 2.05) is 0 Å². The van der Waals surface area contributed by atoms with E-state index in [9.17, 15) is 18.3 Å². The third kappa shape index (κ3) is 1.55. The standard InChI is InChI=1S/C11H11F3O2/c1-10(11(12,13)14)9-3-2-8(15)6-7(9)4-5-16-10/h2-3,6,15H,4-5H2,1H3. The second-order valence-corrected chi connectivity index (χ2v) is 3.97. The van der Waals surface area contributed by atoms with Crippen molar-refractivity contribution in [3.8, 4) is 5.75 Å². The summed E-state index contributed by atoms with van der Waals surface area (Å²) in [4.78, 5) is 0. The van der Waals surface area contributed by atoms with Crippen molar-refractivity contribution in [1.82, 2.24) is 0 Å². The zero-order valence-corrected chi connectivity index (χ0v) is 8.64. The Morgan fingerprint density at radius 1 is 1.38 bits per heavy atom. The van der Waals surface area contributed by atoms with Gasteiger partial charge in [0.2, 0.25) is 0 Å². The summed E-state index contributed by atoms with van der Waals surface area (Å²) in [5, 5.41) is 9.24. The van der Waals surface area contributed by atoms with E-state index in [1.165, 1.54) is 18.2 Å². The molecule has 0 saturated heterocycles. The normalized spacial score (nSPS) is 25.2. The quantitative estimate of drug-likeness (QED) is 0.745. The van der Waals surface area contributed by atoms with Gasteiger partial charge in [-0.2, -0.15) is 13.2 Å². The van der Waals surface area contributed by atoms with Crippen molar-refractivity contribution in [3.63, 3.8) is 0 Å². The molecule has 1 aromatic carbocycles. The van der Waals surface area contributed by atoms with E-state index in [0.29, 0.717) is 12.0 Å². The molecule has 0 aliphatic carbocycles. The highest BCUT2D eigenvalue weighted by molar-refractivity contribution is 5.40. The molecule has 2 nitrogen and oxygen atoms in total. The summed E-state index contributed by atoms with van der Waals surface area (Å²) < 4.78 is 43.6. The molecular weight excluding hydrogens is 221 g/mol. The van der Waals surface area contributed by atoms with Crippen LogP contribution in [0.15, 0.2) is 18.2 Å². The fourth-order valence-corrected chi connectivity index (χ4v) is 1.93. The lowest BCUT2D eigenvalue weighted by Gasteiger charge is -2.37. The van der Waals surface area contributed by atoms with E-state index in [0.717, 1.165) is 6.92 Å². The van der Waals surface area contributed by atoms with Gasteiger partial charge in [0.05, 0.1) is 6.61 Å². The molecule has 0 aromatic heterocycles. The second kappa shape index (κ2) is 3.38. The molecule has 16 heavy (non-hydrogen) atoms. The number of rotatable bonds is 0. The molecule has 1 aliphatic rings. The molecule has 5 heteroatoms. The summed E-state index contributed by atoms with van der Waals surface area (Å²) >= 11 is 0. The van der Waals surface area contributed by atoms with Crippen LogP contribution in [0.2, 0.25) is 0 Å². The van der Waals surface area contributed by atoms with E-state index in [2.05, 4.69) is 0 Å². The number of aromatic hydroxyl groups is 1. The lowest BCUT2D eigenvalue weighted by molar-refractivity contribution is -0.281. The average Bonchev–Trinajstić information content (AvgIpc) is 2.15. The zero-order chi connectivity index (χ0) is 12.0. The Morgan fingerprint density at radius 2 is 2.06 bits per heavy atom. The lowest BCUT2D eigenvalue weighted by atomic mass is 9.87. The minimum Gasteiger partial charge on any atom is -0.508 e. The van der Waals surface area contributed by atoms with Crippen LogP contribution in [0.1, 0.15) is 18.1 Å². The smallest absolute Gasteiger partial charge is 0.421 e. The van der Waals surface area contributed by atoms with Gasteiger partial charge in [0.1, 0.15) is 5.75 Å². The Balaban J connectivity index is 2.56. The Morgan fingerprint density at radius 3 is 2.69 bits per heavy atom. The molecule has 1 N–H and O–H groups in total. The van der Waals surface area contributed by atoms with Crippen LogP contribution < -0.4 is 0 Å². The highest BCUT2D eigenvalue weighted by Gasteiger charge is 2.55. The first-order chi connectivity index (χ1) is 7.34. The minimum absolute atomic E-state index is 0.00641. The van der Waals surface area contributed by atoms with Crippen LogP contribution in [0.25, 0.3) is 0 Å². The molecule has 0 amide bonds. The molecule has 88 valence electrons. The summed E-state index contributed by atoms with van der Waals surface area (Å²) in [6.45, 7) is 1.02. The van der Waals surface area contributed by atoms with Gasteiger partial charge in [-0.1, -0.05) is 6.07 Å². The minimum atomic E-state index is -4.46. The summed E-state index contributed by atoms with van der Waals surface area (Å²) in [6.07, 6.45) is -4.07. The Labute approximate surface area is 90.7 Å². The molecule has 1 unspecified atom stereocenters. The van der Waals surface area contributed by atoms with Crippen LogP contribution in [0.4, 0.5) is 13.2 Å². The highest BCUT2D eigenvalue weighted by Crippen LogP contribution is 2.45. The first kappa shape index (κ1) is 11.3. The van der Waals surface area contributed by atoms with Crippen LogP contribution in [0, 0.1) is 0 Å². The second-order valence-electron chi connectivity index (χ2n) is 3.97. The van der Waals surface area contributed by atoms with Gasteiger partial charge in [-0.05, 0) is 36.6 Å². The average molecular weight is 232 g/mol. The van der Waals surface area contributed by atoms with Gasteiger partial charge in [-0.3, -0.25) is 0 Å². The van der Waals surface area contributed by atoms with Crippen LogP contribution in [-0.4, -0.2) is 17.9 Å². The third-order valence-electron chi connectivity index (χ3n) is 2.91. The molecule has 1 aromatic rings. The maximum atomic E-state index is 12.9. The number of halogens is 3. The van der Waals surface area contributed by atoms with E-state index in [-0.39, 0.29) is 17.9 Å². The number of alkyl halides is 3. The van der Waals surface area contributed by atoms with Crippen LogP contribution in [0.5, 0.6) is 5.75 Å². The van der Waals surface area contributed by atoms with Crippen molar-refractivity contribution in [3.05, 3.63) is 29.3 Å². The van der Waals surface area contributed by atoms with Crippen molar-refractivity contribution in [2.45, 2.75) is 25.1 Å². The summed E-state index contributed by atoms with van der Waals surface area (Å²) in [5.41, 5.74) is -1.69. The number of ether oxygens (including phenoxy) is 1. The molecular formula is C11H11F3O2. The number of fused-ring (bicyclic) bond motifs is 1. The summed E-state index contributed by atoms with van der Waals surface area (Å²) in [7, 11) is 0. The van der Waals surface area contributed by atoms with Gasteiger partial charge < -0.3 is 9.84 Å². The van der Waals surface area contributed by atoms with E-state index in [1.54, 1.807) is 0 Å². The van der Waals surface area contributed by atoms with Crippen molar-refractivity contribution in [2.24, 2.45) is 0 Å². The Bertz CT molecular complexity index is 414. The number of hydrogen-bond donors (Lipinski definition) is 1. The fourth-order valence-electron chi connectivity index (χ4n) is 1.93. The van der Waals surface area contributed by atoms with E-state index in [4.69, 9.17) is 4.74 Å². The summed E-state index contributed by atoms with van der Waals surface area (Å²) in [5.74, 6) is -0.0230. The van der Waals surface area contributed by atoms with Crippen molar-refractivity contribution < 1.29 is 23.0 Å². The first-order valence-corrected chi connectivity index (χ1v) is 4.87. The third-order valence-corrected chi connectivity index (χ3v) is 2.91. The van der Waals surface area contributed by atoms with Gasteiger partial charge in [0, 0.05) is 0 Å². The molecule has 0 saturated carbocycles. The molecule has 0 radical (unpaired) electrons. The fraction of sp³-hybridized carbons (Fsp3) is 0.455. The number of benzene rings is 1. The van der Waals surface area contributed by atoms with E-state index >= 15 is 0 Å². The molecule has 1 atom stereocenters. The van der Waals surface area contributed by atoms with Gasteiger partial charge in [-0.25, -0.2) is 0 Å². The molecule has 1 aliphatic heterocycles. The van der Waals surface area contributed by atoms with Crippen molar-refractivity contribution in [2.75, 3.05) is 6.61 Å². The Hall–Kier alpha value is -1.23. The Kier molecular flexibility index (Phi) is 2.38. The SMILES string of the molecule is CC1(C(F)(F)F)OCCc2cc(O)ccc21. The van der Waals surface area contributed by atoms with Crippen LogP contribution in [-0.2, 0) is 16.8 Å². The molecule has 0 spiro atoms. The number of phenols is 1. The maximum absolute atomic E-state index is 12.9. The van der Waals surface area contributed by atoms with Gasteiger partial charge >= 0.3 is 6.18 Å². The molecule has 2 rings (SSSR count). The predicted octanol–water partition coefficient (Wildman–Crippen LogP) is 2.74. The highest BCUT2D eigenvalue weighted by atomic mass is 19.4. The first-order valence-electron chi connectivity index (χ1n) is 4.87. The van der Waals surface area contributed by atoms with Gasteiger partial charge in [-0.15, -0.1) is 0 Å². The van der Waals surface area contributed by atoms with Crippen LogP contribution >= 0.6 is 0 Å². The topological polar surface area (TPSA) is 29.5 Å². The lowest BCUT2D eigenvalue weighted by Crippen LogP contribution is -2.45. The number of phenolic OH excluding ortho intramolecular Hbond substituents is 1. The zero-order valence-electron chi connectivity index (χ0n) is 8.64. The molecule has 0 fully saturated rings. The predicted molar refractivity (Wildman–Crippen MR) is 51.2 cm³/mol. The van der Waals surface area contributed by atoms with Gasteiger partial charge in [0.25, 0.3) is 0 Å². The molecule has 1 heterocycles. The van der Waals surface area contributed by atoms with Crippen LogP contribution in [0.3, 0.4) is 0 Å². The largest absolute Gasteiger partial charge is 0.508 e. The van der Waals surface area contributed by atoms with Crippen molar-refractivity contribution >= 4 is 0 Å².